The Labute approximate surface area is 179 Å². The number of hydrogen-bond donors (Lipinski definition) is 1. The van der Waals surface area contributed by atoms with Crippen LogP contribution in [-0.2, 0) is 4.79 Å². The molecule has 4 aliphatic rings. The van der Waals surface area contributed by atoms with Gasteiger partial charge in [-0.15, -0.1) is 0 Å². The third-order valence-corrected chi connectivity index (χ3v) is 8.93. The number of ketones is 1. The van der Waals surface area contributed by atoms with E-state index in [0.717, 1.165) is 37.9 Å². The van der Waals surface area contributed by atoms with Crippen LogP contribution in [0.25, 0.3) is 0 Å². The topological polar surface area (TPSA) is 46.5 Å². The molecule has 5 rings (SSSR count). The van der Waals surface area contributed by atoms with Crippen LogP contribution in [-0.4, -0.2) is 16.5 Å². The van der Waals surface area contributed by atoms with E-state index < -0.39 is 5.60 Å². The molecule has 0 bridgehead atoms. The fraction of sp³-hybridized carbons (Fsp3) is 0.519. The maximum atomic E-state index is 12.0. The van der Waals surface area contributed by atoms with E-state index in [1.165, 1.54) is 11.1 Å². The third kappa shape index (κ3) is 2.64. The monoisotopic (exact) mass is 404 g/mol. The molecule has 4 aliphatic carbocycles. The van der Waals surface area contributed by atoms with E-state index in [0.29, 0.717) is 30.4 Å². The SMILES string of the molecule is C=C(Oc1ccccc1)[C@@]1(O)CC[C@H]2[C@@H]3CCC4=CC(=O)CC[C@]4(C)C3=CC[C@@]21C. The standard InChI is InChI=1S/C27H32O3/c1-18(30-21-7-5-4-6-8-21)27(29)16-13-24-22-10-9-19-17-20(28)11-14-25(19,2)23(22)12-15-26(24,27)3/h4-8,12,17,22,24,29H,1,9-11,13-16H2,2-3H3/t22-,24+,25+,26+,27+/m1/s1. The zero-order valence-electron chi connectivity index (χ0n) is 18.1. The second-order valence-corrected chi connectivity index (χ2v) is 10.2. The van der Waals surface area contributed by atoms with Crippen LogP contribution in [0.4, 0.5) is 0 Å². The van der Waals surface area contributed by atoms with Gasteiger partial charge in [-0.3, -0.25) is 4.79 Å². The summed E-state index contributed by atoms with van der Waals surface area (Å²) in [6.07, 6.45) is 10.5. The Morgan fingerprint density at radius 2 is 1.90 bits per heavy atom. The summed E-state index contributed by atoms with van der Waals surface area (Å²) in [7, 11) is 0. The Morgan fingerprint density at radius 1 is 1.13 bits per heavy atom. The molecule has 0 aliphatic heterocycles. The summed E-state index contributed by atoms with van der Waals surface area (Å²) in [5.41, 5.74) is 1.56. The van der Waals surface area contributed by atoms with Crippen molar-refractivity contribution in [2.45, 2.75) is 64.4 Å². The van der Waals surface area contributed by atoms with Gasteiger partial charge in [0.2, 0.25) is 0 Å². The Hall–Kier alpha value is -2.13. The Kier molecular flexibility index (Phi) is 4.41. The molecule has 30 heavy (non-hydrogen) atoms. The van der Waals surface area contributed by atoms with Gasteiger partial charge in [-0.2, -0.15) is 0 Å². The van der Waals surface area contributed by atoms with Crippen molar-refractivity contribution < 1.29 is 14.6 Å². The summed E-state index contributed by atoms with van der Waals surface area (Å²) in [4.78, 5) is 12.0. The molecule has 1 aromatic carbocycles. The fourth-order valence-electron chi connectivity index (χ4n) is 7.04. The summed E-state index contributed by atoms with van der Waals surface area (Å²) >= 11 is 0. The molecule has 2 fully saturated rings. The van der Waals surface area contributed by atoms with Crippen LogP contribution < -0.4 is 4.74 Å². The minimum absolute atomic E-state index is 0.0242. The molecule has 2 saturated carbocycles. The predicted molar refractivity (Wildman–Crippen MR) is 118 cm³/mol. The minimum atomic E-state index is -1.03. The number of para-hydroxylation sites is 1. The first-order valence-corrected chi connectivity index (χ1v) is 11.4. The first kappa shape index (κ1) is 19.8. The third-order valence-electron chi connectivity index (χ3n) is 8.93. The molecule has 0 spiro atoms. The molecule has 5 atom stereocenters. The molecule has 0 unspecified atom stereocenters. The zero-order valence-corrected chi connectivity index (χ0v) is 18.1. The van der Waals surface area contributed by atoms with Gasteiger partial charge in [0.05, 0.1) is 0 Å². The number of benzene rings is 1. The molecule has 3 nitrogen and oxygen atoms in total. The van der Waals surface area contributed by atoms with Gasteiger partial charge in [-0.25, -0.2) is 0 Å². The molecule has 0 aromatic heterocycles. The molecule has 1 aromatic rings. The van der Waals surface area contributed by atoms with Gasteiger partial charge in [0, 0.05) is 17.3 Å². The largest absolute Gasteiger partial charge is 0.459 e. The highest BCUT2D eigenvalue weighted by molar-refractivity contribution is 5.92. The van der Waals surface area contributed by atoms with Gasteiger partial charge in [-0.05, 0) is 68.6 Å². The maximum Gasteiger partial charge on any atom is 0.155 e. The summed E-state index contributed by atoms with van der Waals surface area (Å²) in [6.45, 7) is 8.76. The molecular formula is C27H32O3. The van der Waals surface area contributed by atoms with Crippen LogP contribution in [0.15, 0.2) is 66.0 Å². The molecule has 158 valence electrons. The van der Waals surface area contributed by atoms with Gasteiger partial charge < -0.3 is 9.84 Å². The summed E-state index contributed by atoms with van der Waals surface area (Å²) in [5.74, 6) is 2.36. The number of fused-ring (bicyclic) bond motifs is 5. The van der Waals surface area contributed by atoms with Gasteiger partial charge in [0.15, 0.2) is 5.78 Å². The Balaban J connectivity index is 1.47. The van der Waals surface area contributed by atoms with E-state index in [1.54, 1.807) is 0 Å². The summed E-state index contributed by atoms with van der Waals surface area (Å²) < 4.78 is 6.06. The number of carbonyl (C=O) groups is 1. The highest BCUT2D eigenvalue weighted by Crippen LogP contribution is 2.66. The number of allylic oxidation sites excluding steroid dienone is 4. The van der Waals surface area contributed by atoms with E-state index in [2.05, 4.69) is 26.5 Å². The average molecular weight is 405 g/mol. The van der Waals surface area contributed by atoms with Crippen molar-refractivity contribution in [2.24, 2.45) is 22.7 Å². The van der Waals surface area contributed by atoms with Gasteiger partial charge in [0.1, 0.15) is 17.1 Å². The second-order valence-electron chi connectivity index (χ2n) is 10.2. The Morgan fingerprint density at radius 3 is 2.67 bits per heavy atom. The van der Waals surface area contributed by atoms with Gasteiger partial charge in [0.25, 0.3) is 0 Å². The van der Waals surface area contributed by atoms with E-state index >= 15 is 0 Å². The lowest BCUT2D eigenvalue weighted by molar-refractivity contribution is -0.115. The van der Waals surface area contributed by atoms with Gasteiger partial charge in [-0.1, -0.05) is 55.8 Å². The van der Waals surface area contributed by atoms with Crippen molar-refractivity contribution in [1.29, 1.82) is 0 Å². The van der Waals surface area contributed by atoms with Crippen LogP contribution in [0.5, 0.6) is 5.75 Å². The predicted octanol–water partition coefficient (Wildman–Crippen LogP) is 5.76. The molecular weight excluding hydrogens is 372 g/mol. The van der Waals surface area contributed by atoms with E-state index in [9.17, 15) is 9.90 Å². The molecule has 0 radical (unpaired) electrons. The molecule has 3 heteroatoms. The lowest BCUT2D eigenvalue weighted by Gasteiger charge is -2.54. The van der Waals surface area contributed by atoms with Crippen LogP contribution in [0.1, 0.15) is 58.8 Å². The van der Waals surface area contributed by atoms with Crippen LogP contribution >= 0.6 is 0 Å². The van der Waals surface area contributed by atoms with Crippen molar-refractivity contribution in [2.75, 3.05) is 0 Å². The Bertz CT molecular complexity index is 958. The number of aliphatic hydroxyl groups is 1. The number of carbonyl (C=O) groups excluding carboxylic acids is 1. The highest BCUT2D eigenvalue weighted by atomic mass is 16.5. The normalized spacial score (nSPS) is 39.9. The fourth-order valence-corrected chi connectivity index (χ4v) is 7.04. The van der Waals surface area contributed by atoms with Crippen molar-refractivity contribution in [1.82, 2.24) is 0 Å². The maximum absolute atomic E-state index is 12.0. The van der Waals surface area contributed by atoms with E-state index in [-0.39, 0.29) is 16.6 Å². The van der Waals surface area contributed by atoms with Crippen LogP contribution in [0, 0.1) is 22.7 Å². The minimum Gasteiger partial charge on any atom is -0.459 e. The summed E-state index contributed by atoms with van der Waals surface area (Å²) in [5, 5.41) is 11.9. The smallest absolute Gasteiger partial charge is 0.155 e. The van der Waals surface area contributed by atoms with E-state index in [1.807, 2.05) is 36.4 Å². The van der Waals surface area contributed by atoms with Crippen LogP contribution in [0.3, 0.4) is 0 Å². The van der Waals surface area contributed by atoms with Gasteiger partial charge >= 0.3 is 0 Å². The quantitative estimate of drug-likeness (QED) is 0.514. The average Bonchev–Trinajstić information content (AvgIpc) is 3.01. The first-order valence-electron chi connectivity index (χ1n) is 11.4. The molecule has 1 N–H and O–H groups in total. The van der Waals surface area contributed by atoms with E-state index in [4.69, 9.17) is 4.74 Å². The summed E-state index contributed by atoms with van der Waals surface area (Å²) in [6, 6.07) is 9.63. The van der Waals surface area contributed by atoms with Crippen molar-refractivity contribution in [3.8, 4) is 5.75 Å². The lowest BCUT2D eigenvalue weighted by atomic mass is 9.50. The molecule has 0 heterocycles. The number of ether oxygens (including phenoxy) is 1. The zero-order chi connectivity index (χ0) is 21.1. The lowest BCUT2D eigenvalue weighted by Crippen LogP contribution is -2.52. The van der Waals surface area contributed by atoms with Crippen LogP contribution in [0.2, 0.25) is 0 Å². The highest BCUT2D eigenvalue weighted by Gasteiger charge is 2.63. The molecule has 0 saturated heterocycles. The van der Waals surface area contributed by atoms with Crippen molar-refractivity contribution in [3.63, 3.8) is 0 Å². The molecule has 0 amide bonds. The number of rotatable bonds is 3. The second kappa shape index (κ2) is 6.68. The first-order chi connectivity index (χ1) is 14.3. The number of hydrogen-bond acceptors (Lipinski definition) is 3. The van der Waals surface area contributed by atoms with Crippen molar-refractivity contribution in [3.05, 3.63) is 66.0 Å². The van der Waals surface area contributed by atoms with Crippen molar-refractivity contribution >= 4 is 5.78 Å².